The summed E-state index contributed by atoms with van der Waals surface area (Å²) in [6.07, 6.45) is -4.40. The Morgan fingerprint density at radius 2 is 2.04 bits per heavy atom. The number of amides is 1. The lowest BCUT2D eigenvalue weighted by atomic mass is 9.87. The number of carbonyl (C=O) groups is 1. The van der Waals surface area contributed by atoms with Gasteiger partial charge in [0.25, 0.3) is 5.60 Å². The van der Waals surface area contributed by atoms with Gasteiger partial charge in [-0.2, -0.15) is 13.2 Å². The first-order valence-electron chi connectivity index (χ1n) is 7.47. The van der Waals surface area contributed by atoms with Crippen molar-refractivity contribution in [1.82, 2.24) is 0 Å². The molecule has 1 aliphatic carbocycles. The van der Waals surface area contributed by atoms with E-state index in [0.29, 0.717) is 0 Å². The average Bonchev–Trinajstić information content (AvgIpc) is 3.26. The first kappa shape index (κ1) is 15.7. The van der Waals surface area contributed by atoms with Crippen LogP contribution in [0.2, 0.25) is 0 Å². The first-order valence-corrected chi connectivity index (χ1v) is 7.47. The first-order chi connectivity index (χ1) is 10.7. The van der Waals surface area contributed by atoms with Crippen molar-refractivity contribution >= 4 is 11.8 Å². The normalized spacial score (nSPS) is 23.5. The molecule has 3 nitrogen and oxygen atoms in total. The summed E-state index contributed by atoms with van der Waals surface area (Å²) in [5, 5.41) is 2.33. The van der Waals surface area contributed by atoms with Crippen LogP contribution in [0.1, 0.15) is 43.7 Å². The minimum absolute atomic E-state index is 0.0419. The second kappa shape index (κ2) is 5.19. The highest BCUT2D eigenvalue weighted by Crippen LogP contribution is 2.48. The van der Waals surface area contributed by atoms with E-state index in [9.17, 15) is 18.0 Å². The van der Waals surface area contributed by atoms with Gasteiger partial charge in [-0.05, 0) is 42.4 Å². The predicted octanol–water partition coefficient (Wildman–Crippen LogP) is 4.54. The quantitative estimate of drug-likeness (QED) is 0.770. The van der Waals surface area contributed by atoms with Gasteiger partial charge < -0.3 is 4.74 Å². The van der Waals surface area contributed by atoms with Crippen LogP contribution in [0, 0.1) is 17.8 Å². The molecule has 1 aliphatic heterocycles. The summed E-state index contributed by atoms with van der Waals surface area (Å²) in [6, 6.07) is 4.60. The summed E-state index contributed by atoms with van der Waals surface area (Å²) in [5.74, 6) is 4.84. The second-order valence-corrected chi connectivity index (χ2v) is 6.20. The van der Waals surface area contributed by atoms with Crippen LogP contribution in [0.3, 0.4) is 0 Å². The summed E-state index contributed by atoms with van der Waals surface area (Å²) in [4.78, 5) is 11.7. The standard InChI is InChI=1S/C17H16F3NO2/c1-10(2)12-5-6-14-13(9-12)16(17(18,19)20,23-15(22)21-14)8-7-11-3-4-11/h5-6,9-11H,3-4H2,1-2H3,(H,21,22)/t16-/m0/s1. The van der Waals surface area contributed by atoms with Crippen LogP contribution in [-0.4, -0.2) is 12.3 Å². The van der Waals surface area contributed by atoms with Crippen LogP contribution in [0.25, 0.3) is 0 Å². The third-order valence-corrected chi connectivity index (χ3v) is 4.00. The molecule has 1 amide bonds. The van der Waals surface area contributed by atoms with Crippen molar-refractivity contribution in [2.75, 3.05) is 5.32 Å². The predicted molar refractivity (Wildman–Crippen MR) is 78.9 cm³/mol. The Balaban J connectivity index is 2.21. The zero-order chi connectivity index (χ0) is 16.8. The van der Waals surface area contributed by atoms with Crippen molar-refractivity contribution < 1.29 is 22.7 Å². The van der Waals surface area contributed by atoms with Crippen molar-refractivity contribution in [3.05, 3.63) is 29.3 Å². The number of ether oxygens (including phenoxy) is 1. The zero-order valence-corrected chi connectivity index (χ0v) is 12.8. The minimum Gasteiger partial charge on any atom is -0.415 e. The molecular weight excluding hydrogens is 307 g/mol. The van der Waals surface area contributed by atoms with Crippen LogP contribution in [0.15, 0.2) is 18.2 Å². The van der Waals surface area contributed by atoms with Gasteiger partial charge in [-0.1, -0.05) is 25.8 Å². The Hall–Kier alpha value is -2.16. The number of fused-ring (bicyclic) bond motifs is 1. The lowest BCUT2D eigenvalue weighted by Crippen LogP contribution is -2.49. The topological polar surface area (TPSA) is 38.3 Å². The fourth-order valence-electron chi connectivity index (χ4n) is 2.46. The molecule has 122 valence electrons. The lowest BCUT2D eigenvalue weighted by Gasteiger charge is -2.36. The van der Waals surface area contributed by atoms with Crippen LogP contribution >= 0.6 is 0 Å². The van der Waals surface area contributed by atoms with E-state index in [1.807, 2.05) is 13.8 Å². The van der Waals surface area contributed by atoms with E-state index >= 15 is 0 Å². The van der Waals surface area contributed by atoms with Crippen molar-refractivity contribution in [3.63, 3.8) is 0 Å². The molecule has 0 radical (unpaired) electrons. The van der Waals surface area contributed by atoms with Crippen molar-refractivity contribution in [2.24, 2.45) is 5.92 Å². The zero-order valence-electron chi connectivity index (χ0n) is 12.8. The van der Waals surface area contributed by atoms with Gasteiger partial charge in [-0.15, -0.1) is 0 Å². The van der Waals surface area contributed by atoms with Gasteiger partial charge in [-0.25, -0.2) is 4.79 Å². The SMILES string of the molecule is CC(C)c1ccc2c(c1)[C@@](C#CC1CC1)(C(F)(F)F)OC(=O)N2. The van der Waals surface area contributed by atoms with Gasteiger partial charge in [0.05, 0.1) is 5.69 Å². The number of hydrogen-bond donors (Lipinski definition) is 1. The molecule has 0 spiro atoms. The van der Waals surface area contributed by atoms with E-state index in [1.54, 1.807) is 6.07 Å². The van der Waals surface area contributed by atoms with Crippen molar-refractivity contribution in [3.8, 4) is 11.8 Å². The summed E-state index contributed by atoms with van der Waals surface area (Å²) in [7, 11) is 0. The number of cyclic esters (lactones) is 1. The Kier molecular flexibility index (Phi) is 3.55. The van der Waals surface area contributed by atoms with Gasteiger partial charge in [0.2, 0.25) is 0 Å². The second-order valence-electron chi connectivity index (χ2n) is 6.20. The highest BCUT2D eigenvalue weighted by Gasteiger charge is 2.62. The minimum atomic E-state index is -4.82. The Labute approximate surface area is 132 Å². The van der Waals surface area contributed by atoms with E-state index in [2.05, 4.69) is 17.2 Å². The molecule has 0 aromatic heterocycles. The number of benzene rings is 1. The smallest absolute Gasteiger partial charge is 0.415 e. The molecule has 1 aromatic rings. The lowest BCUT2D eigenvalue weighted by molar-refractivity contribution is -0.239. The molecule has 0 saturated heterocycles. The summed E-state index contributed by atoms with van der Waals surface area (Å²) in [6.45, 7) is 3.77. The molecule has 0 bridgehead atoms. The molecule has 1 N–H and O–H groups in total. The molecule has 23 heavy (non-hydrogen) atoms. The maximum Gasteiger partial charge on any atom is 0.445 e. The summed E-state index contributed by atoms with van der Waals surface area (Å²) < 4.78 is 46.3. The Morgan fingerprint density at radius 1 is 1.35 bits per heavy atom. The number of nitrogens with one attached hydrogen (secondary N) is 1. The number of carbonyl (C=O) groups excluding carboxylic acids is 1. The molecule has 1 saturated carbocycles. The molecule has 1 aromatic carbocycles. The van der Waals surface area contributed by atoms with Gasteiger partial charge in [0, 0.05) is 11.5 Å². The molecule has 6 heteroatoms. The fourth-order valence-corrected chi connectivity index (χ4v) is 2.46. The molecule has 0 unspecified atom stereocenters. The van der Waals surface area contributed by atoms with Crippen LogP contribution < -0.4 is 5.32 Å². The highest BCUT2D eigenvalue weighted by molar-refractivity contribution is 5.89. The van der Waals surface area contributed by atoms with Crippen molar-refractivity contribution in [1.29, 1.82) is 0 Å². The van der Waals surface area contributed by atoms with Crippen molar-refractivity contribution in [2.45, 2.75) is 44.4 Å². The Morgan fingerprint density at radius 3 is 2.61 bits per heavy atom. The molecule has 1 atom stereocenters. The third-order valence-electron chi connectivity index (χ3n) is 4.00. The average molecular weight is 323 g/mol. The van der Waals surface area contributed by atoms with Crippen LogP contribution in [0.4, 0.5) is 23.7 Å². The van der Waals surface area contributed by atoms with Crippen LogP contribution in [-0.2, 0) is 10.3 Å². The van der Waals surface area contributed by atoms with E-state index in [-0.39, 0.29) is 23.1 Å². The molecule has 1 fully saturated rings. The highest BCUT2D eigenvalue weighted by atomic mass is 19.4. The number of hydrogen-bond acceptors (Lipinski definition) is 2. The molecular formula is C17H16F3NO2. The molecule has 1 heterocycles. The van der Waals surface area contributed by atoms with E-state index < -0.39 is 17.9 Å². The third kappa shape index (κ3) is 2.76. The summed E-state index contributed by atoms with van der Waals surface area (Å²) >= 11 is 0. The molecule has 2 aliphatic rings. The van der Waals surface area contributed by atoms with Gasteiger partial charge in [0.15, 0.2) is 0 Å². The van der Waals surface area contributed by atoms with Crippen LogP contribution in [0.5, 0.6) is 0 Å². The summed E-state index contributed by atoms with van der Waals surface area (Å²) in [5.41, 5.74) is -2.24. The number of halogens is 3. The largest absolute Gasteiger partial charge is 0.445 e. The maximum absolute atomic E-state index is 13.8. The van der Waals surface area contributed by atoms with Gasteiger partial charge in [0.1, 0.15) is 0 Å². The Bertz CT molecular complexity index is 711. The van der Waals surface area contributed by atoms with E-state index in [0.717, 1.165) is 18.4 Å². The number of alkyl halides is 3. The van der Waals surface area contributed by atoms with E-state index in [1.165, 1.54) is 12.1 Å². The fraction of sp³-hybridized carbons (Fsp3) is 0.471. The number of rotatable bonds is 1. The maximum atomic E-state index is 13.8. The molecule has 3 rings (SSSR count). The van der Waals surface area contributed by atoms with E-state index in [4.69, 9.17) is 4.74 Å². The van der Waals surface area contributed by atoms with Gasteiger partial charge in [-0.3, -0.25) is 5.32 Å². The van der Waals surface area contributed by atoms with Gasteiger partial charge >= 0.3 is 12.3 Å². The monoisotopic (exact) mass is 323 g/mol. The number of anilines is 1.